The summed E-state index contributed by atoms with van der Waals surface area (Å²) in [6, 6.07) is 5.98. The molecule has 2 aromatic heterocycles. The fourth-order valence-corrected chi connectivity index (χ4v) is 5.52. The Morgan fingerprint density at radius 3 is 2.70 bits per heavy atom. The van der Waals surface area contributed by atoms with Gasteiger partial charge in [0.2, 0.25) is 5.91 Å². The number of amides is 2. The molecule has 156 valence electrons. The van der Waals surface area contributed by atoms with Crippen molar-refractivity contribution in [3.05, 3.63) is 46.1 Å². The predicted molar refractivity (Wildman–Crippen MR) is 115 cm³/mol. The van der Waals surface area contributed by atoms with Crippen LogP contribution in [0.25, 0.3) is 11.4 Å². The molecule has 10 heteroatoms. The number of nitrogens with one attached hydrogen (secondary N) is 1. The van der Waals surface area contributed by atoms with Gasteiger partial charge in [-0.1, -0.05) is 11.8 Å². The van der Waals surface area contributed by atoms with Crippen LogP contribution >= 0.6 is 23.1 Å². The Labute approximate surface area is 180 Å². The number of fused-ring (bicyclic) bond motifs is 1. The monoisotopic (exact) mass is 445 g/mol. The van der Waals surface area contributed by atoms with E-state index in [1.807, 2.05) is 0 Å². The Kier molecular flexibility index (Phi) is 5.87. The van der Waals surface area contributed by atoms with E-state index < -0.39 is 5.91 Å². The van der Waals surface area contributed by atoms with Gasteiger partial charge in [-0.05, 0) is 55.5 Å². The molecule has 1 aromatic carbocycles. The smallest absolute Gasteiger partial charge is 0.251 e. The Hall–Kier alpha value is -2.72. The zero-order valence-electron chi connectivity index (χ0n) is 16.3. The predicted octanol–water partition coefficient (Wildman–Crippen LogP) is 3.39. The second-order valence-corrected chi connectivity index (χ2v) is 9.04. The quantitative estimate of drug-likeness (QED) is 0.566. The summed E-state index contributed by atoms with van der Waals surface area (Å²) < 4.78 is 14.9. The number of nitrogens with zero attached hydrogens (tertiary/aromatic N) is 3. The average Bonchev–Trinajstić information content (AvgIpc) is 3.27. The van der Waals surface area contributed by atoms with E-state index in [4.69, 9.17) is 5.73 Å². The van der Waals surface area contributed by atoms with Crippen LogP contribution < -0.4 is 11.1 Å². The van der Waals surface area contributed by atoms with Crippen molar-refractivity contribution in [3.8, 4) is 11.4 Å². The average molecular weight is 446 g/mol. The Morgan fingerprint density at radius 2 is 1.97 bits per heavy atom. The van der Waals surface area contributed by atoms with Crippen LogP contribution in [0.1, 0.15) is 33.6 Å². The molecular formula is C20H20FN5O2S2. The van der Waals surface area contributed by atoms with Crippen LogP contribution in [0.4, 0.5) is 9.39 Å². The fraction of sp³-hybridized carbons (Fsp3) is 0.300. The molecule has 0 saturated heterocycles. The molecule has 0 aliphatic heterocycles. The van der Waals surface area contributed by atoms with Gasteiger partial charge in [-0.3, -0.25) is 9.59 Å². The highest BCUT2D eigenvalue weighted by molar-refractivity contribution is 7.99. The van der Waals surface area contributed by atoms with Gasteiger partial charge in [0.05, 0.1) is 11.3 Å². The first-order valence-corrected chi connectivity index (χ1v) is 11.3. The van der Waals surface area contributed by atoms with Crippen molar-refractivity contribution in [3.63, 3.8) is 0 Å². The standard InChI is InChI=1S/C20H20FN5O2S2/c1-26-18(11-6-8-12(21)9-7-11)24-25-20(26)29-10-15(27)23-19-16(17(22)28)13-4-2-3-5-14(13)30-19/h6-9H,2-5,10H2,1H3,(H2,22,28)(H,23,27). The third-order valence-corrected chi connectivity index (χ3v) is 7.17. The Balaban J connectivity index is 1.44. The summed E-state index contributed by atoms with van der Waals surface area (Å²) in [5, 5.41) is 12.2. The number of anilines is 1. The molecule has 0 fully saturated rings. The van der Waals surface area contributed by atoms with Gasteiger partial charge in [0, 0.05) is 17.5 Å². The number of halogens is 1. The van der Waals surface area contributed by atoms with Crippen LogP contribution in [0.5, 0.6) is 0 Å². The number of benzene rings is 1. The number of aromatic nitrogens is 3. The van der Waals surface area contributed by atoms with Crippen LogP contribution in [-0.4, -0.2) is 32.3 Å². The van der Waals surface area contributed by atoms with E-state index in [0.717, 1.165) is 41.7 Å². The van der Waals surface area contributed by atoms with Gasteiger partial charge in [-0.25, -0.2) is 4.39 Å². The normalized spacial score (nSPS) is 13.1. The minimum atomic E-state index is -0.505. The topological polar surface area (TPSA) is 103 Å². The summed E-state index contributed by atoms with van der Waals surface area (Å²) in [5.74, 6) is -0.379. The maximum Gasteiger partial charge on any atom is 0.251 e. The Morgan fingerprint density at radius 1 is 1.23 bits per heavy atom. The highest BCUT2D eigenvalue weighted by Gasteiger charge is 2.25. The third kappa shape index (κ3) is 4.10. The molecule has 0 spiro atoms. The van der Waals surface area contributed by atoms with Crippen LogP contribution in [-0.2, 0) is 24.7 Å². The maximum atomic E-state index is 13.1. The number of nitrogens with two attached hydrogens (primary N) is 1. The van der Waals surface area contributed by atoms with E-state index in [2.05, 4.69) is 15.5 Å². The summed E-state index contributed by atoms with van der Waals surface area (Å²) in [7, 11) is 1.79. The first-order chi connectivity index (χ1) is 14.4. The highest BCUT2D eigenvalue weighted by atomic mass is 32.2. The molecule has 0 saturated carbocycles. The van der Waals surface area contributed by atoms with Gasteiger partial charge in [-0.15, -0.1) is 21.5 Å². The second-order valence-electron chi connectivity index (χ2n) is 6.99. The molecule has 0 atom stereocenters. The summed E-state index contributed by atoms with van der Waals surface area (Å²) in [4.78, 5) is 25.6. The molecule has 0 bridgehead atoms. The number of carbonyl (C=O) groups excluding carboxylic acids is 2. The van der Waals surface area contributed by atoms with Crippen molar-refractivity contribution in [2.45, 2.75) is 30.8 Å². The van der Waals surface area contributed by atoms with Gasteiger partial charge in [0.15, 0.2) is 11.0 Å². The number of hydrogen-bond acceptors (Lipinski definition) is 6. The van der Waals surface area contributed by atoms with Crippen molar-refractivity contribution < 1.29 is 14.0 Å². The summed E-state index contributed by atoms with van der Waals surface area (Å²) >= 11 is 2.67. The van der Waals surface area contributed by atoms with E-state index in [0.29, 0.717) is 21.5 Å². The molecule has 7 nitrogen and oxygen atoms in total. The van der Waals surface area contributed by atoms with Crippen LogP contribution in [0.2, 0.25) is 0 Å². The molecule has 1 aliphatic rings. The minimum absolute atomic E-state index is 0.107. The molecule has 3 N–H and O–H groups in total. The number of primary amides is 1. The second kappa shape index (κ2) is 8.57. The molecule has 0 radical (unpaired) electrons. The molecule has 0 unspecified atom stereocenters. The molecule has 3 aromatic rings. The molecule has 2 heterocycles. The van der Waals surface area contributed by atoms with E-state index in [-0.39, 0.29) is 17.5 Å². The van der Waals surface area contributed by atoms with Gasteiger partial charge < -0.3 is 15.6 Å². The van der Waals surface area contributed by atoms with Crippen molar-refractivity contribution in [2.75, 3.05) is 11.1 Å². The van der Waals surface area contributed by atoms with Crippen molar-refractivity contribution >= 4 is 39.9 Å². The number of hydrogen-bond donors (Lipinski definition) is 2. The van der Waals surface area contributed by atoms with E-state index in [1.165, 1.54) is 35.2 Å². The molecular weight excluding hydrogens is 425 g/mol. The number of aryl methyl sites for hydroxylation is 1. The maximum absolute atomic E-state index is 13.1. The minimum Gasteiger partial charge on any atom is -0.365 e. The number of thioether (sulfide) groups is 1. The SMILES string of the molecule is Cn1c(SCC(=O)Nc2sc3c(c2C(N)=O)CCCC3)nnc1-c1ccc(F)cc1. The van der Waals surface area contributed by atoms with Crippen molar-refractivity contribution in [1.82, 2.24) is 14.8 Å². The van der Waals surface area contributed by atoms with E-state index >= 15 is 0 Å². The van der Waals surface area contributed by atoms with Crippen molar-refractivity contribution in [2.24, 2.45) is 12.8 Å². The van der Waals surface area contributed by atoms with E-state index in [9.17, 15) is 14.0 Å². The molecule has 30 heavy (non-hydrogen) atoms. The first-order valence-electron chi connectivity index (χ1n) is 9.46. The summed E-state index contributed by atoms with van der Waals surface area (Å²) in [5.41, 5.74) is 7.75. The Bertz CT molecular complexity index is 1110. The highest BCUT2D eigenvalue weighted by Crippen LogP contribution is 2.38. The summed E-state index contributed by atoms with van der Waals surface area (Å²) in [6.07, 6.45) is 3.84. The van der Waals surface area contributed by atoms with Crippen molar-refractivity contribution in [1.29, 1.82) is 0 Å². The van der Waals surface area contributed by atoms with E-state index in [1.54, 1.807) is 23.7 Å². The van der Waals surface area contributed by atoms with Gasteiger partial charge in [0.25, 0.3) is 5.91 Å². The fourth-order valence-electron chi connectivity index (χ4n) is 3.50. The van der Waals surface area contributed by atoms with Crippen LogP contribution in [0.3, 0.4) is 0 Å². The lowest BCUT2D eigenvalue weighted by Crippen LogP contribution is -2.19. The lowest BCUT2D eigenvalue weighted by molar-refractivity contribution is -0.113. The third-order valence-electron chi connectivity index (χ3n) is 4.94. The molecule has 4 rings (SSSR count). The lowest BCUT2D eigenvalue weighted by atomic mass is 9.95. The van der Waals surface area contributed by atoms with Crippen LogP contribution in [0.15, 0.2) is 29.4 Å². The first kappa shape index (κ1) is 20.5. The van der Waals surface area contributed by atoms with Gasteiger partial charge in [-0.2, -0.15) is 0 Å². The molecule has 2 amide bonds. The largest absolute Gasteiger partial charge is 0.365 e. The number of rotatable bonds is 6. The van der Waals surface area contributed by atoms with Gasteiger partial charge >= 0.3 is 0 Å². The summed E-state index contributed by atoms with van der Waals surface area (Å²) in [6.45, 7) is 0. The zero-order valence-corrected chi connectivity index (χ0v) is 17.9. The van der Waals surface area contributed by atoms with Crippen LogP contribution in [0, 0.1) is 5.82 Å². The molecule has 1 aliphatic carbocycles. The lowest BCUT2D eigenvalue weighted by Gasteiger charge is -2.11. The number of thiophene rings is 1. The zero-order chi connectivity index (χ0) is 21.3. The van der Waals surface area contributed by atoms with Gasteiger partial charge in [0.1, 0.15) is 10.8 Å². The number of carbonyl (C=O) groups is 2.